The molecule has 31 heavy (non-hydrogen) atoms. The van der Waals surface area contributed by atoms with E-state index in [1.165, 1.54) is 16.9 Å². The number of aromatic nitrogens is 2. The molecule has 0 spiro atoms. The fraction of sp³-hybridized carbons (Fsp3) is 0.0800. The Morgan fingerprint density at radius 3 is 2.35 bits per heavy atom. The first-order valence-electron chi connectivity index (χ1n) is 9.79. The second-order valence-electron chi connectivity index (χ2n) is 7.21. The van der Waals surface area contributed by atoms with Crippen LogP contribution in [0, 0.1) is 12.7 Å². The summed E-state index contributed by atoms with van der Waals surface area (Å²) >= 11 is 0. The van der Waals surface area contributed by atoms with Crippen molar-refractivity contribution in [2.24, 2.45) is 0 Å². The van der Waals surface area contributed by atoms with Crippen LogP contribution in [0.25, 0.3) is 0 Å². The number of amides is 1. The molecule has 6 heteroatoms. The monoisotopic (exact) mass is 413 g/mol. The first kappa shape index (κ1) is 20.2. The summed E-state index contributed by atoms with van der Waals surface area (Å²) in [6.45, 7) is 2.19. The molecule has 0 fully saturated rings. The van der Waals surface area contributed by atoms with E-state index in [4.69, 9.17) is 0 Å². The minimum atomic E-state index is -0.415. The van der Waals surface area contributed by atoms with E-state index in [1.54, 1.807) is 60.8 Å². The van der Waals surface area contributed by atoms with Gasteiger partial charge in [0.05, 0.1) is 24.0 Å². The summed E-state index contributed by atoms with van der Waals surface area (Å²) in [7, 11) is 0. The van der Waals surface area contributed by atoms with Gasteiger partial charge in [0, 0.05) is 22.9 Å². The molecular formula is C25H20FN3O2. The van der Waals surface area contributed by atoms with Gasteiger partial charge in [-0.2, -0.15) is 5.10 Å². The van der Waals surface area contributed by atoms with Gasteiger partial charge >= 0.3 is 0 Å². The van der Waals surface area contributed by atoms with Crippen LogP contribution in [0.5, 0.6) is 0 Å². The number of carbonyl (C=O) groups is 2. The number of hydrogen-bond acceptors (Lipinski definition) is 3. The van der Waals surface area contributed by atoms with Gasteiger partial charge in [0.15, 0.2) is 5.78 Å². The number of halogens is 1. The summed E-state index contributed by atoms with van der Waals surface area (Å²) in [6, 6.07) is 20.4. The van der Waals surface area contributed by atoms with Crippen molar-refractivity contribution in [3.05, 3.63) is 119 Å². The van der Waals surface area contributed by atoms with E-state index in [1.807, 2.05) is 19.1 Å². The molecule has 0 saturated heterocycles. The quantitative estimate of drug-likeness (QED) is 0.459. The van der Waals surface area contributed by atoms with Crippen molar-refractivity contribution < 1.29 is 14.0 Å². The lowest BCUT2D eigenvalue weighted by molar-refractivity contribution is 0.0996. The lowest BCUT2D eigenvalue weighted by atomic mass is 9.97. The predicted octanol–water partition coefficient (Wildman–Crippen LogP) is 4.86. The minimum absolute atomic E-state index is 0.221. The lowest BCUT2D eigenvalue weighted by Gasteiger charge is -2.09. The molecule has 1 N–H and O–H groups in total. The Morgan fingerprint density at radius 1 is 0.935 bits per heavy atom. The molecule has 0 aliphatic rings. The van der Waals surface area contributed by atoms with E-state index < -0.39 is 5.91 Å². The molecule has 3 aromatic carbocycles. The molecule has 5 nitrogen and oxygen atoms in total. The van der Waals surface area contributed by atoms with Crippen molar-refractivity contribution in [2.45, 2.75) is 13.5 Å². The van der Waals surface area contributed by atoms with Gasteiger partial charge in [-0.25, -0.2) is 4.39 Å². The largest absolute Gasteiger partial charge is 0.319 e. The first-order chi connectivity index (χ1) is 15.0. The number of rotatable bonds is 6. The second kappa shape index (κ2) is 8.75. The number of nitrogens with zero attached hydrogens (tertiary/aromatic N) is 2. The molecule has 0 bridgehead atoms. The third-order valence-electron chi connectivity index (χ3n) is 4.91. The summed E-state index contributed by atoms with van der Waals surface area (Å²) < 4.78 is 15.4. The number of benzene rings is 3. The van der Waals surface area contributed by atoms with Crippen molar-refractivity contribution in [1.82, 2.24) is 9.78 Å². The van der Waals surface area contributed by atoms with E-state index in [0.717, 1.165) is 5.56 Å². The van der Waals surface area contributed by atoms with Gasteiger partial charge in [0.1, 0.15) is 5.82 Å². The molecule has 0 unspecified atom stereocenters. The van der Waals surface area contributed by atoms with E-state index in [-0.39, 0.29) is 23.7 Å². The zero-order chi connectivity index (χ0) is 21.8. The van der Waals surface area contributed by atoms with Gasteiger partial charge in [0.2, 0.25) is 0 Å². The highest BCUT2D eigenvalue weighted by Gasteiger charge is 2.18. The predicted molar refractivity (Wildman–Crippen MR) is 117 cm³/mol. The lowest BCUT2D eigenvalue weighted by Crippen LogP contribution is -2.16. The van der Waals surface area contributed by atoms with Crippen LogP contribution in [0.4, 0.5) is 10.1 Å². The second-order valence-corrected chi connectivity index (χ2v) is 7.21. The van der Waals surface area contributed by atoms with E-state index in [2.05, 4.69) is 10.4 Å². The molecule has 4 rings (SSSR count). The van der Waals surface area contributed by atoms with Gasteiger partial charge in [-0.15, -0.1) is 0 Å². The minimum Gasteiger partial charge on any atom is -0.319 e. The summed E-state index contributed by atoms with van der Waals surface area (Å²) in [4.78, 5) is 25.8. The smallest absolute Gasteiger partial charge is 0.256 e. The van der Waals surface area contributed by atoms with Gasteiger partial charge in [0.25, 0.3) is 5.91 Å². The van der Waals surface area contributed by atoms with Gasteiger partial charge in [-0.05, 0) is 19.1 Å². The van der Waals surface area contributed by atoms with Crippen molar-refractivity contribution in [3.63, 3.8) is 0 Å². The molecular weight excluding hydrogens is 393 g/mol. The maximum Gasteiger partial charge on any atom is 0.256 e. The highest BCUT2D eigenvalue weighted by Crippen LogP contribution is 2.18. The number of aryl methyl sites for hydroxylation is 1. The molecule has 0 saturated carbocycles. The Balaban J connectivity index is 1.52. The van der Waals surface area contributed by atoms with Crippen molar-refractivity contribution in [3.8, 4) is 0 Å². The topological polar surface area (TPSA) is 64.0 Å². The van der Waals surface area contributed by atoms with Crippen LogP contribution in [0.1, 0.15) is 37.4 Å². The first-order valence-corrected chi connectivity index (χ1v) is 9.79. The van der Waals surface area contributed by atoms with Gasteiger partial charge in [-0.3, -0.25) is 14.3 Å². The molecule has 0 aliphatic heterocycles. The van der Waals surface area contributed by atoms with Crippen LogP contribution in [0.3, 0.4) is 0 Å². The SMILES string of the molecule is Cc1ccc(C(=O)c2ccccc2C(=O)Nc2cnn(Cc3ccccc3F)c2)cc1. The van der Waals surface area contributed by atoms with Crippen LogP contribution in [0.2, 0.25) is 0 Å². The summed E-state index contributed by atoms with van der Waals surface area (Å²) in [5.74, 6) is -0.949. The van der Waals surface area contributed by atoms with Crippen LogP contribution < -0.4 is 5.32 Å². The average Bonchev–Trinajstić information content (AvgIpc) is 3.22. The van der Waals surface area contributed by atoms with Crippen LogP contribution >= 0.6 is 0 Å². The highest BCUT2D eigenvalue weighted by atomic mass is 19.1. The fourth-order valence-corrected chi connectivity index (χ4v) is 3.25. The Morgan fingerprint density at radius 2 is 1.61 bits per heavy atom. The molecule has 0 atom stereocenters. The Bertz CT molecular complexity index is 1250. The number of hydrogen-bond donors (Lipinski definition) is 1. The maximum atomic E-state index is 13.9. The van der Waals surface area contributed by atoms with Crippen LogP contribution in [-0.2, 0) is 6.54 Å². The number of anilines is 1. The fourth-order valence-electron chi connectivity index (χ4n) is 3.25. The zero-order valence-corrected chi connectivity index (χ0v) is 16.9. The molecule has 0 radical (unpaired) electrons. The average molecular weight is 413 g/mol. The normalized spacial score (nSPS) is 10.6. The zero-order valence-electron chi connectivity index (χ0n) is 16.9. The highest BCUT2D eigenvalue weighted by molar-refractivity contribution is 6.17. The summed E-state index contributed by atoms with van der Waals surface area (Å²) in [5, 5.41) is 6.95. The standard InChI is InChI=1S/C25H20FN3O2/c1-17-10-12-18(13-11-17)24(30)21-7-3-4-8-22(21)25(31)28-20-14-27-29(16-20)15-19-6-2-5-9-23(19)26/h2-14,16H,15H2,1H3,(H,28,31). The Kier molecular flexibility index (Phi) is 5.71. The molecule has 1 amide bonds. The molecule has 154 valence electrons. The Labute approximate surface area is 179 Å². The summed E-state index contributed by atoms with van der Waals surface area (Å²) in [6.07, 6.45) is 3.11. The van der Waals surface area contributed by atoms with Gasteiger partial charge in [-0.1, -0.05) is 66.2 Å². The van der Waals surface area contributed by atoms with Crippen molar-refractivity contribution >= 4 is 17.4 Å². The molecule has 0 aliphatic carbocycles. The number of carbonyl (C=O) groups excluding carboxylic acids is 2. The van der Waals surface area contributed by atoms with E-state index in [9.17, 15) is 14.0 Å². The van der Waals surface area contributed by atoms with Crippen LogP contribution in [0.15, 0.2) is 85.2 Å². The third kappa shape index (κ3) is 4.59. The van der Waals surface area contributed by atoms with Crippen molar-refractivity contribution in [2.75, 3.05) is 5.32 Å². The van der Waals surface area contributed by atoms with E-state index in [0.29, 0.717) is 22.4 Å². The van der Waals surface area contributed by atoms with Crippen LogP contribution in [-0.4, -0.2) is 21.5 Å². The number of ketones is 1. The maximum absolute atomic E-state index is 13.9. The van der Waals surface area contributed by atoms with Crippen molar-refractivity contribution in [1.29, 1.82) is 0 Å². The molecule has 4 aromatic rings. The number of nitrogens with one attached hydrogen (secondary N) is 1. The molecule has 1 heterocycles. The van der Waals surface area contributed by atoms with Gasteiger partial charge < -0.3 is 5.32 Å². The third-order valence-corrected chi connectivity index (χ3v) is 4.91. The Hall–Kier alpha value is -4.06. The molecule has 1 aromatic heterocycles. The van der Waals surface area contributed by atoms with E-state index >= 15 is 0 Å². The summed E-state index contributed by atoms with van der Waals surface area (Å²) in [5.41, 5.74) is 3.12.